The first-order valence-corrected chi connectivity index (χ1v) is 29.4. The van der Waals surface area contributed by atoms with Gasteiger partial charge < -0.3 is 53.8 Å². The van der Waals surface area contributed by atoms with Crippen LogP contribution in [0.25, 0.3) is 66.1 Å². The average Bonchev–Trinajstić information content (AvgIpc) is 0.766. The molecule has 1 amide bonds. The van der Waals surface area contributed by atoms with E-state index >= 15 is 0 Å². The number of fused-ring (bicyclic) bond motifs is 3. The number of esters is 1. The third-order valence-electron chi connectivity index (χ3n) is 15.3. The van der Waals surface area contributed by atoms with Crippen molar-refractivity contribution in [2.45, 2.75) is 38.9 Å². The topological polar surface area (TPSA) is 422 Å². The van der Waals surface area contributed by atoms with Crippen molar-refractivity contribution in [1.29, 1.82) is 10.5 Å². The van der Waals surface area contributed by atoms with Gasteiger partial charge in [-0.05, 0) is 92.1 Å². The minimum atomic E-state index is -1.23. The molecule has 28 heteroatoms. The van der Waals surface area contributed by atoms with Crippen LogP contribution in [0.2, 0.25) is 0 Å². The van der Waals surface area contributed by atoms with E-state index in [4.69, 9.17) is 32.7 Å². The van der Waals surface area contributed by atoms with Crippen LogP contribution < -0.4 is 38.9 Å². The molecule has 6 aromatic heterocycles. The Bertz CT molecular complexity index is 5200. The molecule has 0 saturated carbocycles. The van der Waals surface area contributed by atoms with E-state index in [1.54, 1.807) is 68.4 Å². The predicted molar refractivity (Wildman–Crippen MR) is 360 cm³/mol. The zero-order valence-corrected chi connectivity index (χ0v) is 52.1. The van der Waals surface area contributed by atoms with E-state index in [2.05, 4.69) is 55.8 Å². The highest BCUT2D eigenvalue weighted by Crippen LogP contribution is 2.41. The molecule has 25 nitrogen and oxygen atoms in total. The highest BCUT2D eigenvalue weighted by Gasteiger charge is 2.30. The normalized spacial score (nSPS) is 11.7. The molecule has 0 saturated heterocycles. The first-order valence-electron chi connectivity index (χ1n) is 29.4. The van der Waals surface area contributed by atoms with Crippen molar-refractivity contribution < 1.29 is 47.3 Å². The zero-order chi connectivity index (χ0) is 70.1. The molecule has 0 aliphatic heterocycles. The Balaban J connectivity index is 0.000000159. The second-order valence-electron chi connectivity index (χ2n) is 21.6. The zero-order valence-electron chi connectivity index (χ0n) is 52.1. The van der Waals surface area contributed by atoms with E-state index in [-0.39, 0.29) is 79.1 Å². The summed E-state index contributed by atoms with van der Waals surface area (Å²) < 4.78 is 47.2. The molecule has 0 fully saturated rings. The van der Waals surface area contributed by atoms with Crippen molar-refractivity contribution in [3.63, 3.8) is 0 Å². The number of nitriles is 2. The number of aromatic nitrogens is 9. The fourth-order valence-electron chi connectivity index (χ4n) is 11.0. The van der Waals surface area contributed by atoms with E-state index < -0.39 is 59.4 Å². The Morgan fingerprint density at radius 3 is 1.10 bits per heavy atom. The summed E-state index contributed by atoms with van der Waals surface area (Å²) in [4.78, 5) is 87.3. The second-order valence-corrected chi connectivity index (χ2v) is 21.6. The van der Waals surface area contributed by atoms with Gasteiger partial charge in [-0.25, -0.2) is 72.4 Å². The molecule has 0 aliphatic rings. The number of benzene rings is 6. The summed E-state index contributed by atoms with van der Waals surface area (Å²) >= 11 is 0. The molecule has 12 rings (SSSR count). The second kappa shape index (κ2) is 29.0. The van der Waals surface area contributed by atoms with Gasteiger partial charge in [-0.2, -0.15) is 10.5 Å². The average molecular weight is 1320 g/mol. The summed E-state index contributed by atoms with van der Waals surface area (Å²) in [5.41, 5.74) is 28.2. The molecule has 6 aromatic carbocycles. The number of anilines is 6. The van der Waals surface area contributed by atoms with E-state index in [0.717, 1.165) is 6.07 Å². The molecule has 0 spiro atoms. The Hall–Kier alpha value is -13.8. The van der Waals surface area contributed by atoms with Crippen molar-refractivity contribution >= 4 is 91.4 Å². The minimum Gasteiger partial charge on any atom is -0.478 e. The predicted octanol–water partition coefficient (Wildman–Crippen LogP) is 11.8. The van der Waals surface area contributed by atoms with Gasteiger partial charge in [0.15, 0.2) is 0 Å². The van der Waals surface area contributed by atoms with E-state index in [9.17, 15) is 53.1 Å². The molecule has 0 aliphatic carbocycles. The van der Waals surface area contributed by atoms with Crippen LogP contribution in [-0.4, -0.2) is 86.0 Å². The van der Waals surface area contributed by atoms with Crippen molar-refractivity contribution in [2.24, 2.45) is 5.73 Å². The largest absolute Gasteiger partial charge is 0.478 e. The van der Waals surface area contributed by atoms with Crippen LogP contribution in [0.5, 0.6) is 0 Å². The fraction of sp³-hybridized carbons (Fsp3) is 0.100. The number of hydrogen-bond acceptors (Lipinski definition) is 22. The van der Waals surface area contributed by atoms with Crippen LogP contribution in [0.4, 0.5) is 48.1 Å². The standard InChI is InChI=1S/C24H19FN6O2.C23H19FN6O3.C23H17FN6O2/c1-13(30-23-17(11-26)22(27)28-12-29-23)21-19(14-6-4-3-5-7-14)20(24(32)33-2)16-10-15(25)8-9-18(16)31-21;1-11(29-22-18(21(26)31)20(25)27-10-28-22)19-16(12-5-3-2-4-6-12)17(23(32)33)14-9-13(24)7-8-15(14)30-19;1-12(29-22-16(10-25)21(26)27-11-28-22)20-18(13-5-3-2-4-6-13)19(23(31)32)15-9-14(24)7-8-17(15)30-20/h3-10,12-13H,1-2H3,(H3,27,28,29,30);2-11H,1H3,(H2,26,31)(H,32,33)(H3,25,27,28,29);2-9,11-12H,1H3,(H,31,32)(H3,26,27,28,29). The summed E-state index contributed by atoms with van der Waals surface area (Å²) in [7, 11) is 1.27. The summed E-state index contributed by atoms with van der Waals surface area (Å²) in [6, 6.07) is 40.7. The number of ether oxygens (including phenoxy) is 1. The molecule has 13 N–H and O–H groups in total. The quantitative estimate of drug-likeness (QED) is 0.0406. The lowest BCUT2D eigenvalue weighted by molar-refractivity contribution is 0.0601. The maximum Gasteiger partial charge on any atom is 0.339 e. The van der Waals surface area contributed by atoms with Gasteiger partial charge in [0.05, 0.1) is 75.6 Å². The van der Waals surface area contributed by atoms with Crippen LogP contribution >= 0.6 is 0 Å². The summed E-state index contributed by atoms with van der Waals surface area (Å²) in [6.45, 7) is 5.29. The smallest absolute Gasteiger partial charge is 0.339 e. The Labute approximate surface area is 554 Å². The number of methoxy groups -OCH3 is 1. The first kappa shape index (κ1) is 67.1. The van der Waals surface area contributed by atoms with Gasteiger partial charge in [0.2, 0.25) is 0 Å². The lowest BCUT2D eigenvalue weighted by Crippen LogP contribution is -2.21. The Morgan fingerprint density at radius 1 is 0.459 bits per heavy atom. The molecule has 0 radical (unpaired) electrons. The molecule has 98 heavy (non-hydrogen) atoms. The number of rotatable bonds is 16. The maximum absolute atomic E-state index is 14.1. The number of carbonyl (C=O) groups is 4. The van der Waals surface area contributed by atoms with Crippen molar-refractivity contribution in [2.75, 3.05) is 40.3 Å². The lowest BCUT2D eigenvalue weighted by Gasteiger charge is -2.22. The minimum absolute atomic E-state index is 0.0219. The van der Waals surface area contributed by atoms with Gasteiger partial charge in [-0.15, -0.1) is 0 Å². The van der Waals surface area contributed by atoms with Crippen molar-refractivity contribution in [1.82, 2.24) is 44.9 Å². The lowest BCUT2D eigenvalue weighted by atomic mass is 9.92. The van der Waals surface area contributed by atoms with Gasteiger partial charge in [0.1, 0.15) is 100 Å². The van der Waals surface area contributed by atoms with Crippen molar-refractivity contribution in [3.8, 4) is 45.5 Å². The number of nitrogen functional groups attached to an aromatic ring is 3. The number of nitrogens with zero attached hydrogens (tertiary/aromatic N) is 11. The van der Waals surface area contributed by atoms with Crippen molar-refractivity contribution in [3.05, 3.63) is 232 Å². The number of halogens is 3. The van der Waals surface area contributed by atoms with Gasteiger partial charge >= 0.3 is 17.9 Å². The number of hydrogen-bond donors (Lipinski definition) is 9. The molecule has 6 heterocycles. The van der Waals surface area contributed by atoms with E-state index in [1.165, 1.54) is 74.6 Å². The van der Waals surface area contributed by atoms with Crippen LogP contribution in [0, 0.1) is 40.1 Å². The molecular formula is C70H55F3N18O7. The van der Waals surface area contributed by atoms with Crippen LogP contribution in [-0.2, 0) is 4.74 Å². The molecule has 12 aromatic rings. The van der Waals surface area contributed by atoms with E-state index in [1.807, 2.05) is 55.5 Å². The summed E-state index contributed by atoms with van der Waals surface area (Å²) in [6.07, 6.45) is 3.65. The first-order chi connectivity index (χ1) is 47.1. The van der Waals surface area contributed by atoms with Gasteiger partial charge in [0.25, 0.3) is 5.91 Å². The Kier molecular flexibility index (Phi) is 19.9. The maximum atomic E-state index is 14.1. The molecular weight excluding hydrogens is 1260 g/mol. The van der Waals surface area contributed by atoms with Gasteiger partial charge in [-0.3, -0.25) is 4.79 Å². The number of carboxylic acid groups (broad SMARTS) is 2. The van der Waals surface area contributed by atoms with Crippen LogP contribution in [0.3, 0.4) is 0 Å². The summed E-state index contributed by atoms with van der Waals surface area (Å²) in [5.74, 6) is -5.03. The molecule has 3 unspecified atom stereocenters. The number of carbonyl (C=O) groups excluding carboxylic acids is 2. The monoisotopic (exact) mass is 1320 g/mol. The van der Waals surface area contributed by atoms with Crippen LogP contribution in [0.1, 0.15) is 109 Å². The molecule has 3 atom stereocenters. The Morgan fingerprint density at radius 2 is 0.776 bits per heavy atom. The van der Waals surface area contributed by atoms with Gasteiger partial charge in [-0.1, -0.05) is 91.0 Å². The molecule has 0 bridgehead atoms. The highest BCUT2D eigenvalue weighted by molar-refractivity contribution is 6.12. The number of nitrogens with two attached hydrogens (primary N) is 4. The fourth-order valence-corrected chi connectivity index (χ4v) is 11.0. The number of aromatic carboxylic acids is 2. The molecule has 488 valence electrons. The van der Waals surface area contributed by atoms with E-state index in [0.29, 0.717) is 72.4 Å². The third-order valence-corrected chi connectivity index (χ3v) is 15.3. The number of primary amides is 1. The van der Waals surface area contributed by atoms with Gasteiger partial charge in [0, 0.05) is 32.8 Å². The number of nitrogens with one attached hydrogen (secondary N) is 3. The third kappa shape index (κ3) is 14.0. The van der Waals surface area contributed by atoms with Crippen LogP contribution in [0.15, 0.2) is 165 Å². The number of pyridine rings is 3. The summed E-state index contributed by atoms with van der Waals surface area (Å²) in [5, 5.41) is 49.0. The SMILES string of the molecule is CC(Nc1ncnc(N)c1C#N)c1nc2ccc(F)cc2c(C(=O)O)c1-c1ccccc1.CC(Nc1ncnc(N)c1C(N)=O)c1nc2ccc(F)cc2c(C(=O)O)c1-c1ccccc1.COC(=O)c1c(-c2ccccc2)c(C(C)Nc2ncnc(N)c2C#N)nc2ccc(F)cc12. The number of carboxylic acids is 2. The number of amides is 1. The highest BCUT2D eigenvalue weighted by atomic mass is 19.1.